The third kappa shape index (κ3) is 4.69. The molecule has 23 heavy (non-hydrogen) atoms. The lowest BCUT2D eigenvalue weighted by Gasteiger charge is -2.27. The number of anilines is 1. The van der Waals surface area contributed by atoms with E-state index < -0.39 is 0 Å². The van der Waals surface area contributed by atoms with Crippen molar-refractivity contribution in [1.82, 2.24) is 10.6 Å². The minimum Gasteiger partial charge on any atom is -0.349 e. The standard InChI is InChI=1S/C17H23N3O2.ClH/c1-11-10-12(8-9-18-11)16(21)20-15-5-3-2-4-14(15)17(22)19-13-6-7-13;/h2-5,11-13,18H,6-10H2,1H3,(H,19,22)(H,20,21);1H/t11-,12-;/m0./s1. The average Bonchev–Trinajstić information content (AvgIpc) is 3.31. The zero-order valence-corrected chi connectivity index (χ0v) is 14.1. The number of hydrogen-bond donors (Lipinski definition) is 3. The minimum absolute atomic E-state index is 0. The number of rotatable bonds is 4. The fourth-order valence-corrected chi connectivity index (χ4v) is 2.89. The number of benzene rings is 1. The molecular formula is C17H24ClN3O2. The Hall–Kier alpha value is -1.59. The maximum atomic E-state index is 12.5. The lowest BCUT2D eigenvalue weighted by molar-refractivity contribution is -0.120. The van der Waals surface area contributed by atoms with Crippen LogP contribution in [0.3, 0.4) is 0 Å². The van der Waals surface area contributed by atoms with Gasteiger partial charge in [0.25, 0.3) is 5.91 Å². The van der Waals surface area contributed by atoms with Gasteiger partial charge in [-0.25, -0.2) is 0 Å². The highest BCUT2D eigenvalue weighted by Crippen LogP contribution is 2.23. The molecule has 0 radical (unpaired) electrons. The van der Waals surface area contributed by atoms with E-state index in [2.05, 4.69) is 22.9 Å². The molecule has 2 aliphatic rings. The van der Waals surface area contributed by atoms with E-state index >= 15 is 0 Å². The van der Waals surface area contributed by atoms with E-state index in [0.717, 1.165) is 32.2 Å². The molecule has 3 N–H and O–H groups in total. The zero-order chi connectivity index (χ0) is 15.5. The van der Waals surface area contributed by atoms with Crippen molar-refractivity contribution in [2.24, 2.45) is 5.92 Å². The van der Waals surface area contributed by atoms with Crippen LogP contribution in [0.4, 0.5) is 5.69 Å². The van der Waals surface area contributed by atoms with E-state index in [-0.39, 0.29) is 30.1 Å². The number of carbonyl (C=O) groups excluding carboxylic acids is 2. The molecule has 2 fully saturated rings. The summed E-state index contributed by atoms with van der Waals surface area (Å²) in [5.41, 5.74) is 1.15. The van der Waals surface area contributed by atoms with Gasteiger partial charge in [0.2, 0.25) is 5.91 Å². The van der Waals surface area contributed by atoms with Gasteiger partial charge in [0.05, 0.1) is 11.3 Å². The molecule has 3 rings (SSSR count). The highest BCUT2D eigenvalue weighted by Gasteiger charge is 2.27. The molecule has 1 heterocycles. The van der Waals surface area contributed by atoms with Crippen molar-refractivity contribution in [3.8, 4) is 0 Å². The largest absolute Gasteiger partial charge is 0.349 e. The summed E-state index contributed by atoms with van der Waals surface area (Å²) in [6.07, 6.45) is 3.77. The molecule has 1 aromatic carbocycles. The monoisotopic (exact) mass is 337 g/mol. The van der Waals surface area contributed by atoms with Crippen LogP contribution in [0.2, 0.25) is 0 Å². The van der Waals surface area contributed by atoms with Gasteiger partial charge in [0.15, 0.2) is 0 Å². The molecule has 0 bridgehead atoms. The van der Waals surface area contributed by atoms with Crippen LogP contribution >= 0.6 is 12.4 Å². The van der Waals surface area contributed by atoms with Gasteiger partial charge in [0.1, 0.15) is 0 Å². The van der Waals surface area contributed by atoms with Crippen molar-refractivity contribution < 1.29 is 9.59 Å². The van der Waals surface area contributed by atoms with E-state index in [9.17, 15) is 9.59 Å². The minimum atomic E-state index is -0.0999. The van der Waals surface area contributed by atoms with Crippen molar-refractivity contribution in [3.05, 3.63) is 29.8 Å². The van der Waals surface area contributed by atoms with Crippen LogP contribution in [0.25, 0.3) is 0 Å². The Morgan fingerprint density at radius 3 is 2.61 bits per heavy atom. The van der Waals surface area contributed by atoms with E-state index in [1.54, 1.807) is 12.1 Å². The number of halogens is 1. The molecule has 5 nitrogen and oxygen atoms in total. The number of piperidine rings is 1. The van der Waals surface area contributed by atoms with Crippen LogP contribution in [0.15, 0.2) is 24.3 Å². The van der Waals surface area contributed by atoms with Gasteiger partial charge in [-0.3, -0.25) is 9.59 Å². The highest BCUT2D eigenvalue weighted by atomic mass is 35.5. The molecule has 1 aliphatic heterocycles. The quantitative estimate of drug-likeness (QED) is 0.789. The number of amides is 2. The molecule has 0 aromatic heterocycles. The third-order valence-electron chi connectivity index (χ3n) is 4.34. The first-order valence-corrected chi connectivity index (χ1v) is 8.07. The van der Waals surface area contributed by atoms with Gasteiger partial charge in [-0.05, 0) is 51.3 Å². The Bertz CT molecular complexity index is 575. The number of nitrogens with one attached hydrogen (secondary N) is 3. The van der Waals surface area contributed by atoms with Gasteiger partial charge in [-0.15, -0.1) is 12.4 Å². The van der Waals surface area contributed by atoms with Gasteiger partial charge < -0.3 is 16.0 Å². The first-order valence-electron chi connectivity index (χ1n) is 8.07. The van der Waals surface area contributed by atoms with Crippen LogP contribution in [0.5, 0.6) is 0 Å². The van der Waals surface area contributed by atoms with Gasteiger partial charge in [0, 0.05) is 18.0 Å². The normalized spacial score (nSPS) is 23.5. The predicted molar refractivity (Wildman–Crippen MR) is 93.0 cm³/mol. The predicted octanol–water partition coefficient (Wildman–Crippen LogP) is 2.33. The number of para-hydroxylation sites is 1. The molecule has 1 aliphatic carbocycles. The first kappa shape index (κ1) is 17.8. The maximum Gasteiger partial charge on any atom is 0.253 e. The van der Waals surface area contributed by atoms with Gasteiger partial charge >= 0.3 is 0 Å². The second-order valence-electron chi connectivity index (χ2n) is 6.36. The molecular weight excluding hydrogens is 314 g/mol. The number of hydrogen-bond acceptors (Lipinski definition) is 3. The lowest BCUT2D eigenvalue weighted by atomic mass is 9.92. The summed E-state index contributed by atoms with van der Waals surface area (Å²) in [6, 6.07) is 7.89. The molecule has 0 unspecified atom stereocenters. The fraction of sp³-hybridized carbons (Fsp3) is 0.529. The topological polar surface area (TPSA) is 70.2 Å². The summed E-state index contributed by atoms with van der Waals surface area (Å²) in [5, 5.41) is 9.26. The fourth-order valence-electron chi connectivity index (χ4n) is 2.89. The summed E-state index contributed by atoms with van der Waals surface area (Å²) in [7, 11) is 0. The molecule has 1 saturated heterocycles. The molecule has 2 amide bonds. The maximum absolute atomic E-state index is 12.5. The SMILES string of the molecule is C[C@H]1C[C@@H](C(=O)Nc2ccccc2C(=O)NC2CC2)CCN1.Cl. The first-order chi connectivity index (χ1) is 10.6. The van der Waals surface area contributed by atoms with Crippen LogP contribution in [0, 0.1) is 5.92 Å². The van der Waals surface area contributed by atoms with E-state index in [1.165, 1.54) is 0 Å². The second kappa shape index (κ2) is 7.79. The van der Waals surface area contributed by atoms with Crippen molar-refractivity contribution in [3.63, 3.8) is 0 Å². The Morgan fingerprint density at radius 2 is 1.91 bits per heavy atom. The number of carbonyl (C=O) groups is 2. The second-order valence-corrected chi connectivity index (χ2v) is 6.36. The van der Waals surface area contributed by atoms with Crippen molar-refractivity contribution in [2.45, 2.75) is 44.7 Å². The molecule has 1 saturated carbocycles. The van der Waals surface area contributed by atoms with Crippen molar-refractivity contribution in [1.29, 1.82) is 0 Å². The summed E-state index contributed by atoms with van der Waals surface area (Å²) in [5.74, 6) is -0.0760. The summed E-state index contributed by atoms with van der Waals surface area (Å²) < 4.78 is 0. The smallest absolute Gasteiger partial charge is 0.253 e. The molecule has 0 spiro atoms. The highest BCUT2D eigenvalue weighted by molar-refractivity contribution is 6.04. The Morgan fingerprint density at radius 1 is 1.17 bits per heavy atom. The zero-order valence-electron chi connectivity index (χ0n) is 13.3. The van der Waals surface area contributed by atoms with E-state index in [0.29, 0.717) is 23.3 Å². The molecule has 126 valence electrons. The molecule has 2 atom stereocenters. The third-order valence-corrected chi connectivity index (χ3v) is 4.34. The summed E-state index contributed by atoms with van der Waals surface area (Å²) in [4.78, 5) is 24.7. The Balaban J connectivity index is 0.00000192. The summed E-state index contributed by atoms with van der Waals surface area (Å²) >= 11 is 0. The van der Waals surface area contributed by atoms with Gasteiger partial charge in [-0.1, -0.05) is 12.1 Å². The van der Waals surface area contributed by atoms with Crippen LogP contribution < -0.4 is 16.0 Å². The molecule has 6 heteroatoms. The summed E-state index contributed by atoms with van der Waals surface area (Å²) in [6.45, 7) is 2.96. The average molecular weight is 338 g/mol. The van der Waals surface area contributed by atoms with Crippen molar-refractivity contribution >= 4 is 29.9 Å². The molecule has 1 aromatic rings. The van der Waals surface area contributed by atoms with Crippen LogP contribution in [0.1, 0.15) is 43.0 Å². The van der Waals surface area contributed by atoms with Crippen molar-refractivity contribution in [2.75, 3.05) is 11.9 Å². The van der Waals surface area contributed by atoms with Crippen LogP contribution in [-0.2, 0) is 4.79 Å². The van der Waals surface area contributed by atoms with E-state index in [4.69, 9.17) is 0 Å². The Kier molecular flexibility index (Phi) is 6.02. The van der Waals surface area contributed by atoms with Crippen LogP contribution in [-0.4, -0.2) is 30.4 Å². The van der Waals surface area contributed by atoms with E-state index in [1.807, 2.05) is 12.1 Å². The Labute approximate surface area is 143 Å². The van der Waals surface area contributed by atoms with Gasteiger partial charge in [-0.2, -0.15) is 0 Å². The lowest BCUT2D eigenvalue weighted by Crippen LogP contribution is -2.40.